The largest absolute Gasteiger partial charge is 0.461 e. The Morgan fingerprint density at radius 3 is 2.18 bits per heavy atom. The minimum absolute atomic E-state index is 0.0680. The molecule has 0 aliphatic rings. The van der Waals surface area contributed by atoms with Crippen LogP contribution in [0.2, 0.25) is 0 Å². The van der Waals surface area contributed by atoms with E-state index in [2.05, 4.69) is 5.32 Å². The van der Waals surface area contributed by atoms with E-state index in [0.29, 0.717) is 6.61 Å². The van der Waals surface area contributed by atoms with Crippen molar-refractivity contribution in [1.29, 1.82) is 0 Å². The SMILES string of the molecule is CC.CNc1ccc(COC(=O)C(C)C)cc1. The van der Waals surface area contributed by atoms with Crippen molar-refractivity contribution < 1.29 is 9.53 Å². The van der Waals surface area contributed by atoms with Crippen LogP contribution in [0.1, 0.15) is 33.3 Å². The highest BCUT2D eigenvalue weighted by Gasteiger charge is 2.07. The number of hydrogen-bond donors (Lipinski definition) is 1. The van der Waals surface area contributed by atoms with Crippen molar-refractivity contribution in [2.45, 2.75) is 34.3 Å². The molecule has 17 heavy (non-hydrogen) atoms. The number of hydrogen-bond acceptors (Lipinski definition) is 3. The molecular formula is C14H23NO2. The summed E-state index contributed by atoms with van der Waals surface area (Å²) in [7, 11) is 1.87. The zero-order valence-electron chi connectivity index (χ0n) is 11.4. The Labute approximate surface area is 104 Å². The van der Waals surface area contributed by atoms with Crippen LogP contribution in [0.15, 0.2) is 24.3 Å². The van der Waals surface area contributed by atoms with E-state index in [1.165, 1.54) is 0 Å². The molecular weight excluding hydrogens is 214 g/mol. The molecule has 0 saturated carbocycles. The van der Waals surface area contributed by atoms with Crippen molar-refractivity contribution in [2.24, 2.45) is 5.92 Å². The predicted molar refractivity (Wildman–Crippen MR) is 72.0 cm³/mol. The van der Waals surface area contributed by atoms with Gasteiger partial charge in [-0.1, -0.05) is 39.8 Å². The molecule has 0 fully saturated rings. The average molecular weight is 237 g/mol. The van der Waals surface area contributed by atoms with Crippen LogP contribution < -0.4 is 5.32 Å². The van der Waals surface area contributed by atoms with Gasteiger partial charge in [-0.15, -0.1) is 0 Å². The number of benzene rings is 1. The molecule has 0 bridgehead atoms. The molecule has 3 heteroatoms. The first-order chi connectivity index (χ1) is 8.13. The molecule has 0 unspecified atom stereocenters. The van der Waals surface area contributed by atoms with Gasteiger partial charge >= 0.3 is 5.97 Å². The number of rotatable bonds is 4. The summed E-state index contributed by atoms with van der Waals surface area (Å²) < 4.78 is 5.10. The standard InChI is InChI=1S/C12H17NO2.C2H6/c1-9(2)12(14)15-8-10-4-6-11(13-3)7-5-10;1-2/h4-7,9,13H,8H2,1-3H3;1-2H3. The van der Waals surface area contributed by atoms with Crippen LogP contribution in [-0.2, 0) is 16.1 Å². The van der Waals surface area contributed by atoms with Crippen molar-refractivity contribution >= 4 is 11.7 Å². The van der Waals surface area contributed by atoms with E-state index in [4.69, 9.17) is 4.74 Å². The highest BCUT2D eigenvalue weighted by Crippen LogP contribution is 2.10. The molecule has 1 aromatic rings. The molecule has 0 atom stereocenters. The summed E-state index contributed by atoms with van der Waals surface area (Å²) in [4.78, 5) is 11.2. The zero-order chi connectivity index (χ0) is 13.3. The monoisotopic (exact) mass is 237 g/mol. The fraction of sp³-hybridized carbons (Fsp3) is 0.500. The van der Waals surface area contributed by atoms with Gasteiger partial charge in [0.05, 0.1) is 5.92 Å². The van der Waals surface area contributed by atoms with Gasteiger partial charge < -0.3 is 10.1 Å². The lowest BCUT2D eigenvalue weighted by Gasteiger charge is -2.07. The van der Waals surface area contributed by atoms with Crippen LogP contribution >= 0.6 is 0 Å². The van der Waals surface area contributed by atoms with Crippen molar-refractivity contribution in [3.63, 3.8) is 0 Å². The van der Waals surface area contributed by atoms with E-state index in [-0.39, 0.29) is 11.9 Å². The second kappa shape index (κ2) is 8.62. The van der Waals surface area contributed by atoms with Crippen LogP contribution in [0, 0.1) is 5.92 Å². The van der Waals surface area contributed by atoms with Crippen molar-refractivity contribution in [1.82, 2.24) is 0 Å². The predicted octanol–water partition coefficient (Wildman–Crippen LogP) is 3.45. The summed E-state index contributed by atoms with van der Waals surface area (Å²) in [6.45, 7) is 8.00. The Kier molecular flexibility index (Phi) is 7.85. The van der Waals surface area contributed by atoms with E-state index in [1.54, 1.807) is 0 Å². The van der Waals surface area contributed by atoms with Gasteiger partial charge in [-0.25, -0.2) is 0 Å². The quantitative estimate of drug-likeness (QED) is 0.815. The average Bonchev–Trinajstić information content (AvgIpc) is 2.38. The number of anilines is 1. The van der Waals surface area contributed by atoms with Gasteiger partial charge in [0.25, 0.3) is 0 Å². The molecule has 0 radical (unpaired) electrons. The first kappa shape index (κ1) is 15.5. The first-order valence-electron chi connectivity index (χ1n) is 6.07. The Bertz CT molecular complexity index is 317. The van der Waals surface area contributed by atoms with E-state index in [0.717, 1.165) is 11.3 Å². The Hall–Kier alpha value is -1.51. The second-order valence-electron chi connectivity index (χ2n) is 3.71. The van der Waals surface area contributed by atoms with Gasteiger partial charge in [0.1, 0.15) is 6.61 Å². The van der Waals surface area contributed by atoms with Crippen LogP contribution in [0.4, 0.5) is 5.69 Å². The maximum Gasteiger partial charge on any atom is 0.308 e. The second-order valence-corrected chi connectivity index (χ2v) is 3.71. The first-order valence-corrected chi connectivity index (χ1v) is 6.07. The summed E-state index contributed by atoms with van der Waals surface area (Å²) in [6, 6.07) is 7.80. The van der Waals surface area contributed by atoms with E-state index < -0.39 is 0 Å². The van der Waals surface area contributed by atoms with Gasteiger partial charge in [0, 0.05) is 12.7 Å². The topological polar surface area (TPSA) is 38.3 Å². The molecule has 0 aromatic heterocycles. The lowest BCUT2D eigenvalue weighted by Crippen LogP contribution is -2.11. The van der Waals surface area contributed by atoms with Crippen LogP contribution in [0.3, 0.4) is 0 Å². The molecule has 0 aliphatic carbocycles. The lowest BCUT2D eigenvalue weighted by atomic mass is 10.2. The molecule has 0 amide bonds. The molecule has 1 aromatic carbocycles. The molecule has 3 nitrogen and oxygen atoms in total. The highest BCUT2D eigenvalue weighted by atomic mass is 16.5. The number of carbonyl (C=O) groups is 1. The smallest absolute Gasteiger partial charge is 0.308 e. The summed E-state index contributed by atoms with van der Waals surface area (Å²) in [5.74, 6) is -0.228. The van der Waals surface area contributed by atoms with Crippen molar-refractivity contribution in [3.05, 3.63) is 29.8 Å². The summed E-state index contributed by atoms with van der Waals surface area (Å²) in [5.41, 5.74) is 2.05. The summed E-state index contributed by atoms with van der Waals surface area (Å²) in [5, 5.41) is 3.03. The summed E-state index contributed by atoms with van der Waals surface area (Å²) >= 11 is 0. The van der Waals surface area contributed by atoms with E-state index in [9.17, 15) is 4.79 Å². The number of carbonyl (C=O) groups excluding carboxylic acids is 1. The number of nitrogens with one attached hydrogen (secondary N) is 1. The van der Waals surface area contributed by atoms with Gasteiger partial charge in [0.15, 0.2) is 0 Å². The number of esters is 1. The van der Waals surface area contributed by atoms with Gasteiger partial charge in [-0.2, -0.15) is 0 Å². The zero-order valence-corrected chi connectivity index (χ0v) is 11.4. The molecule has 0 saturated heterocycles. The third kappa shape index (κ3) is 5.95. The van der Waals surface area contributed by atoms with Crippen LogP contribution in [-0.4, -0.2) is 13.0 Å². The normalized spacial score (nSPS) is 9.29. The fourth-order valence-electron chi connectivity index (χ4n) is 1.09. The Morgan fingerprint density at radius 2 is 1.76 bits per heavy atom. The van der Waals surface area contributed by atoms with Gasteiger partial charge in [-0.3, -0.25) is 4.79 Å². The lowest BCUT2D eigenvalue weighted by molar-refractivity contribution is -0.148. The Morgan fingerprint density at radius 1 is 1.24 bits per heavy atom. The molecule has 1 rings (SSSR count). The maximum absolute atomic E-state index is 11.2. The fourth-order valence-corrected chi connectivity index (χ4v) is 1.09. The summed E-state index contributed by atoms with van der Waals surface area (Å²) in [6.07, 6.45) is 0. The third-order valence-corrected chi connectivity index (χ3v) is 2.10. The van der Waals surface area contributed by atoms with Crippen LogP contribution in [0.25, 0.3) is 0 Å². The molecule has 0 heterocycles. The number of ether oxygens (including phenoxy) is 1. The van der Waals surface area contributed by atoms with E-state index >= 15 is 0 Å². The molecule has 96 valence electrons. The Balaban J connectivity index is 0.00000121. The minimum Gasteiger partial charge on any atom is -0.461 e. The van der Waals surface area contributed by atoms with Gasteiger partial charge in [0.2, 0.25) is 0 Å². The van der Waals surface area contributed by atoms with Crippen molar-refractivity contribution in [3.8, 4) is 0 Å². The highest BCUT2D eigenvalue weighted by molar-refractivity contribution is 5.71. The molecule has 0 spiro atoms. The maximum atomic E-state index is 11.2. The van der Waals surface area contributed by atoms with Crippen molar-refractivity contribution in [2.75, 3.05) is 12.4 Å². The van der Waals surface area contributed by atoms with Crippen LogP contribution in [0.5, 0.6) is 0 Å². The third-order valence-electron chi connectivity index (χ3n) is 2.10. The minimum atomic E-state index is -0.160. The molecule has 0 aliphatic heterocycles. The van der Waals surface area contributed by atoms with Gasteiger partial charge in [-0.05, 0) is 17.7 Å². The van der Waals surface area contributed by atoms with E-state index in [1.807, 2.05) is 59.0 Å². The molecule has 1 N–H and O–H groups in total.